The maximum absolute atomic E-state index is 5.57. The minimum atomic E-state index is 0.491. The van der Waals surface area contributed by atoms with Crippen molar-refractivity contribution >= 4 is 0 Å². The van der Waals surface area contributed by atoms with Gasteiger partial charge < -0.3 is 14.8 Å². The van der Waals surface area contributed by atoms with Gasteiger partial charge in [0.25, 0.3) is 0 Å². The largest absolute Gasteiger partial charge is 0.493 e. The maximum Gasteiger partial charge on any atom is 0.161 e. The van der Waals surface area contributed by atoms with Crippen LogP contribution in [0.5, 0.6) is 11.5 Å². The van der Waals surface area contributed by atoms with Crippen LogP contribution in [0.15, 0.2) is 30.9 Å². The van der Waals surface area contributed by atoms with E-state index in [0.29, 0.717) is 12.6 Å². The van der Waals surface area contributed by atoms with Crippen LogP contribution in [-0.4, -0.2) is 44.3 Å². The summed E-state index contributed by atoms with van der Waals surface area (Å²) in [5.74, 6) is 1.55. The first-order valence-corrected chi connectivity index (χ1v) is 7.09. The van der Waals surface area contributed by atoms with Crippen molar-refractivity contribution in [2.75, 3.05) is 33.4 Å². The predicted octanol–water partition coefficient (Wildman–Crippen LogP) is 2.05. The summed E-state index contributed by atoms with van der Waals surface area (Å²) in [4.78, 5) is 2.46. The second-order valence-electron chi connectivity index (χ2n) is 5.18. The zero-order chi connectivity index (χ0) is 14.4. The molecule has 4 heteroatoms. The van der Waals surface area contributed by atoms with Crippen LogP contribution >= 0.6 is 0 Å². The molecular formula is C16H24N2O2. The Morgan fingerprint density at radius 2 is 2.30 bits per heavy atom. The molecule has 1 N–H and O–H groups in total. The Labute approximate surface area is 121 Å². The number of hydrogen-bond donors (Lipinski definition) is 1. The Morgan fingerprint density at radius 3 is 3.00 bits per heavy atom. The Balaban J connectivity index is 2.02. The molecule has 0 aromatic heterocycles. The summed E-state index contributed by atoms with van der Waals surface area (Å²) < 4.78 is 11.0. The molecule has 1 heterocycles. The van der Waals surface area contributed by atoms with E-state index in [1.54, 1.807) is 13.2 Å². The number of ether oxygens (including phenoxy) is 2. The highest BCUT2D eigenvalue weighted by molar-refractivity contribution is 5.43. The molecule has 0 bridgehead atoms. The van der Waals surface area contributed by atoms with Gasteiger partial charge in [0.2, 0.25) is 0 Å². The fourth-order valence-electron chi connectivity index (χ4n) is 2.49. The zero-order valence-electron chi connectivity index (χ0n) is 12.4. The topological polar surface area (TPSA) is 33.7 Å². The average Bonchev–Trinajstić information content (AvgIpc) is 2.46. The molecule has 2 rings (SSSR count). The lowest BCUT2D eigenvalue weighted by Crippen LogP contribution is -2.48. The molecule has 1 atom stereocenters. The lowest BCUT2D eigenvalue weighted by molar-refractivity contribution is 0.199. The van der Waals surface area contributed by atoms with Crippen molar-refractivity contribution in [3.8, 4) is 11.5 Å². The van der Waals surface area contributed by atoms with Crippen LogP contribution in [0.4, 0.5) is 0 Å². The minimum Gasteiger partial charge on any atom is -0.493 e. The monoisotopic (exact) mass is 276 g/mol. The van der Waals surface area contributed by atoms with Gasteiger partial charge in [0.1, 0.15) is 6.61 Å². The third-order valence-electron chi connectivity index (χ3n) is 3.44. The highest BCUT2D eigenvalue weighted by Gasteiger charge is 2.16. The molecule has 4 nitrogen and oxygen atoms in total. The van der Waals surface area contributed by atoms with Crippen molar-refractivity contribution in [3.63, 3.8) is 0 Å². The van der Waals surface area contributed by atoms with Gasteiger partial charge in [0.05, 0.1) is 7.11 Å². The molecule has 0 radical (unpaired) electrons. The lowest BCUT2D eigenvalue weighted by atomic mass is 10.1. The molecule has 0 unspecified atom stereocenters. The van der Waals surface area contributed by atoms with Gasteiger partial charge in [-0.15, -0.1) is 0 Å². The number of piperazine rings is 1. The molecule has 1 aliphatic heterocycles. The summed E-state index contributed by atoms with van der Waals surface area (Å²) >= 11 is 0. The summed E-state index contributed by atoms with van der Waals surface area (Å²) in [6.07, 6.45) is 1.73. The van der Waals surface area contributed by atoms with Gasteiger partial charge in [-0.05, 0) is 24.6 Å². The summed E-state index contributed by atoms with van der Waals surface area (Å²) in [7, 11) is 1.67. The first kappa shape index (κ1) is 14.9. The Bertz CT molecular complexity index is 448. The molecule has 1 fully saturated rings. The fraction of sp³-hybridized carbons (Fsp3) is 0.500. The van der Waals surface area contributed by atoms with E-state index in [1.165, 1.54) is 5.56 Å². The van der Waals surface area contributed by atoms with Crippen LogP contribution in [0.1, 0.15) is 12.5 Å². The number of nitrogens with zero attached hydrogens (tertiary/aromatic N) is 1. The van der Waals surface area contributed by atoms with E-state index >= 15 is 0 Å². The highest BCUT2D eigenvalue weighted by atomic mass is 16.5. The molecule has 110 valence electrons. The van der Waals surface area contributed by atoms with E-state index < -0.39 is 0 Å². The van der Waals surface area contributed by atoms with Gasteiger partial charge in [0, 0.05) is 32.2 Å². The SMILES string of the molecule is C=CCOc1ccc(CN2CCN[C@H](C)C2)cc1OC. The van der Waals surface area contributed by atoms with Gasteiger partial charge in [-0.2, -0.15) is 0 Å². The van der Waals surface area contributed by atoms with E-state index in [4.69, 9.17) is 9.47 Å². The smallest absolute Gasteiger partial charge is 0.161 e. The molecule has 20 heavy (non-hydrogen) atoms. The second-order valence-corrected chi connectivity index (χ2v) is 5.18. The van der Waals surface area contributed by atoms with E-state index in [0.717, 1.165) is 37.7 Å². The van der Waals surface area contributed by atoms with E-state index in [2.05, 4.69) is 35.9 Å². The van der Waals surface area contributed by atoms with Crippen molar-refractivity contribution in [2.45, 2.75) is 19.5 Å². The summed E-state index contributed by atoms with van der Waals surface area (Å²) in [6, 6.07) is 6.70. The van der Waals surface area contributed by atoms with Gasteiger partial charge in [-0.1, -0.05) is 18.7 Å². The number of methoxy groups -OCH3 is 1. The van der Waals surface area contributed by atoms with Crippen molar-refractivity contribution in [2.24, 2.45) is 0 Å². The van der Waals surface area contributed by atoms with E-state index in [9.17, 15) is 0 Å². The van der Waals surface area contributed by atoms with E-state index in [-0.39, 0.29) is 0 Å². The summed E-state index contributed by atoms with van der Waals surface area (Å²) in [6.45, 7) is 10.5. The van der Waals surface area contributed by atoms with Crippen LogP contribution < -0.4 is 14.8 Å². The Hall–Kier alpha value is -1.52. The molecule has 1 aliphatic rings. The fourth-order valence-corrected chi connectivity index (χ4v) is 2.49. The van der Waals surface area contributed by atoms with Crippen LogP contribution in [0.2, 0.25) is 0 Å². The number of benzene rings is 1. The second kappa shape index (κ2) is 7.31. The van der Waals surface area contributed by atoms with Crippen LogP contribution in [0, 0.1) is 0 Å². The van der Waals surface area contributed by atoms with Crippen molar-refractivity contribution in [3.05, 3.63) is 36.4 Å². The molecule has 1 aromatic rings. The molecule has 0 aliphatic carbocycles. The first-order chi connectivity index (χ1) is 9.72. The van der Waals surface area contributed by atoms with Crippen molar-refractivity contribution in [1.82, 2.24) is 10.2 Å². The molecule has 0 saturated carbocycles. The number of rotatable bonds is 6. The lowest BCUT2D eigenvalue weighted by Gasteiger charge is -2.31. The van der Waals surface area contributed by atoms with Crippen molar-refractivity contribution < 1.29 is 9.47 Å². The molecule has 1 saturated heterocycles. The quantitative estimate of drug-likeness (QED) is 0.806. The maximum atomic E-state index is 5.57. The van der Waals surface area contributed by atoms with E-state index in [1.807, 2.05) is 6.07 Å². The van der Waals surface area contributed by atoms with Gasteiger partial charge in [-0.3, -0.25) is 4.90 Å². The molecule has 0 amide bonds. The van der Waals surface area contributed by atoms with Gasteiger partial charge >= 0.3 is 0 Å². The van der Waals surface area contributed by atoms with Crippen LogP contribution in [0.3, 0.4) is 0 Å². The normalized spacial score (nSPS) is 19.6. The van der Waals surface area contributed by atoms with Crippen molar-refractivity contribution in [1.29, 1.82) is 0 Å². The highest BCUT2D eigenvalue weighted by Crippen LogP contribution is 2.28. The zero-order valence-corrected chi connectivity index (χ0v) is 12.4. The van der Waals surface area contributed by atoms with Gasteiger partial charge in [0.15, 0.2) is 11.5 Å². The minimum absolute atomic E-state index is 0.491. The van der Waals surface area contributed by atoms with Crippen LogP contribution in [0.25, 0.3) is 0 Å². The average molecular weight is 276 g/mol. The Morgan fingerprint density at radius 1 is 1.45 bits per heavy atom. The van der Waals surface area contributed by atoms with Gasteiger partial charge in [-0.25, -0.2) is 0 Å². The molecule has 1 aromatic carbocycles. The standard InChI is InChI=1S/C16H24N2O2/c1-4-9-20-15-6-5-14(10-16(15)19-3)12-18-8-7-17-13(2)11-18/h4-6,10,13,17H,1,7-9,11-12H2,2-3H3/t13-/m1/s1. The Kier molecular flexibility index (Phi) is 5.44. The molecular weight excluding hydrogens is 252 g/mol. The van der Waals surface area contributed by atoms with Crippen LogP contribution in [-0.2, 0) is 6.54 Å². The third-order valence-corrected chi connectivity index (χ3v) is 3.44. The number of hydrogen-bond acceptors (Lipinski definition) is 4. The molecule has 0 spiro atoms. The summed E-state index contributed by atoms with van der Waals surface area (Å²) in [5.41, 5.74) is 1.25. The first-order valence-electron chi connectivity index (χ1n) is 7.09. The third kappa shape index (κ3) is 3.99. The number of nitrogens with one attached hydrogen (secondary N) is 1. The summed E-state index contributed by atoms with van der Waals surface area (Å²) in [5, 5.41) is 3.46. The predicted molar refractivity (Wildman–Crippen MR) is 81.4 cm³/mol.